The van der Waals surface area contributed by atoms with Crippen LogP contribution < -0.4 is 10.7 Å². The van der Waals surface area contributed by atoms with Crippen LogP contribution in [0.15, 0.2) is 35.3 Å². The number of nitrogens with one attached hydrogen (secondary N) is 1. The van der Waals surface area contributed by atoms with Crippen molar-refractivity contribution >= 4 is 16.8 Å². The number of carbonyl (C=O) groups excluding carboxylic acids is 1. The lowest BCUT2D eigenvalue weighted by Gasteiger charge is -2.23. The molecule has 2 aromatic rings. The van der Waals surface area contributed by atoms with Gasteiger partial charge in [-0.1, -0.05) is 31.4 Å². The molecule has 3 rings (SSSR count). The number of amides is 1. The predicted octanol–water partition coefficient (Wildman–Crippen LogP) is 1.85. The maximum atomic E-state index is 12.2. The van der Waals surface area contributed by atoms with Gasteiger partial charge in [0.05, 0.1) is 11.7 Å². The van der Waals surface area contributed by atoms with Gasteiger partial charge in [0, 0.05) is 11.4 Å². The van der Waals surface area contributed by atoms with E-state index in [0.717, 1.165) is 12.8 Å². The first-order valence-corrected chi connectivity index (χ1v) is 7.48. The summed E-state index contributed by atoms with van der Waals surface area (Å²) < 4.78 is 1.59. The van der Waals surface area contributed by atoms with Gasteiger partial charge in [-0.05, 0) is 25.0 Å². The molecule has 110 valence electrons. The first-order chi connectivity index (χ1) is 10.2. The summed E-state index contributed by atoms with van der Waals surface area (Å²) in [5.74, 6) is -0.0387. The van der Waals surface area contributed by atoms with Crippen LogP contribution in [0.5, 0.6) is 0 Å². The molecule has 21 heavy (non-hydrogen) atoms. The highest BCUT2D eigenvalue weighted by Crippen LogP contribution is 2.17. The van der Waals surface area contributed by atoms with Crippen molar-refractivity contribution in [3.8, 4) is 0 Å². The highest BCUT2D eigenvalue weighted by Gasteiger charge is 2.16. The highest BCUT2D eigenvalue weighted by molar-refractivity contribution is 5.81. The van der Waals surface area contributed by atoms with E-state index in [-0.39, 0.29) is 23.9 Å². The topological polar surface area (TPSA) is 64.0 Å². The molecule has 1 saturated carbocycles. The van der Waals surface area contributed by atoms with Gasteiger partial charge < -0.3 is 5.32 Å². The fraction of sp³-hybridized carbons (Fsp3) is 0.438. The van der Waals surface area contributed by atoms with Gasteiger partial charge >= 0.3 is 0 Å². The number of hydrogen-bond donors (Lipinski definition) is 1. The molecule has 1 aromatic heterocycles. The van der Waals surface area contributed by atoms with Crippen molar-refractivity contribution in [1.29, 1.82) is 0 Å². The van der Waals surface area contributed by atoms with E-state index in [4.69, 9.17) is 0 Å². The van der Waals surface area contributed by atoms with Crippen molar-refractivity contribution in [3.05, 3.63) is 40.7 Å². The minimum Gasteiger partial charge on any atom is -0.352 e. The minimum absolute atomic E-state index is 0.0387. The zero-order valence-corrected chi connectivity index (χ0v) is 11.9. The predicted molar refractivity (Wildman–Crippen MR) is 81.0 cm³/mol. The summed E-state index contributed by atoms with van der Waals surface area (Å²) in [5, 5.41) is 7.75. The third-order valence-electron chi connectivity index (χ3n) is 4.03. The largest absolute Gasteiger partial charge is 0.352 e. The van der Waals surface area contributed by atoms with Crippen LogP contribution in [0.1, 0.15) is 32.1 Å². The van der Waals surface area contributed by atoms with E-state index in [0.29, 0.717) is 10.9 Å². The summed E-state index contributed by atoms with van der Waals surface area (Å²) in [6.07, 6.45) is 7.02. The molecule has 1 aliphatic rings. The second-order valence-corrected chi connectivity index (χ2v) is 5.59. The van der Waals surface area contributed by atoms with E-state index in [9.17, 15) is 9.59 Å². The van der Waals surface area contributed by atoms with E-state index >= 15 is 0 Å². The van der Waals surface area contributed by atoms with Crippen molar-refractivity contribution in [3.63, 3.8) is 0 Å². The number of rotatable bonds is 3. The molecule has 0 unspecified atom stereocenters. The Morgan fingerprint density at radius 1 is 1.24 bits per heavy atom. The molecular weight excluding hydrogens is 266 g/mol. The van der Waals surface area contributed by atoms with E-state index in [1.165, 1.54) is 25.5 Å². The number of benzene rings is 1. The third kappa shape index (κ3) is 3.12. The fourth-order valence-electron chi connectivity index (χ4n) is 2.94. The number of para-hydroxylation sites is 1. The van der Waals surface area contributed by atoms with E-state index in [1.807, 2.05) is 18.2 Å². The molecule has 0 atom stereocenters. The number of hydrogen-bond acceptors (Lipinski definition) is 3. The zero-order chi connectivity index (χ0) is 14.7. The Balaban J connectivity index is 1.77. The summed E-state index contributed by atoms with van der Waals surface area (Å²) in [7, 11) is 0. The van der Waals surface area contributed by atoms with Crippen molar-refractivity contribution < 1.29 is 4.79 Å². The first-order valence-electron chi connectivity index (χ1n) is 7.48. The number of aromatic nitrogens is 2. The maximum Gasteiger partial charge on any atom is 0.241 e. The Hall–Kier alpha value is -2.17. The number of nitrogens with zero attached hydrogens (tertiary/aromatic N) is 2. The lowest BCUT2D eigenvalue weighted by molar-refractivity contribution is -0.122. The molecule has 0 bridgehead atoms. The second kappa shape index (κ2) is 6.08. The molecule has 1 N–H and O–H groups in total. The van der Waals surface area contributed by atoms with E-state index < -0.39 is 0 Å². The summed E-state index contributed by atoms with van der Waals surface area (Å²) >= 11 is 0. The molecule has 1 aliphatic carbocycles. The molecule has 5 heteroatoms. The van der Waals surface area contributed by atoms with Gasteiger partial charge in [0.15, 0.2) is 0 Å². The molecular formula is C16H19N3O2. The Labute approximate surface area is 123 Å². The van der Waals surface area contributed by atoms with Gasteiger partial charge in [-0.25, -0.2) is 0 Å². The quantitative estimate of drug-likeness (QED) is 0.936. The lowest BCUT2D eigenvalue weighted by Crippen LogP contribution is -2.38. The normalized spacial score (nSPS) is 16.0. The SMILES string of the molecule is O=C(Cn1ncc(=O)c2ccccc21)NC1CCCCC1. The van der Waals surface area contributed by atoms with E-state index in [2.05, 4.69) is 10.4 Å². The van der Waals surface area contributed by atoms with Gasteiger partial charge in [0.1, 0.15) is 6.54 Å². The molecule has 0 spiro atoms. The maximum absolute atomic E-state index is 12.2. The van der Waals surface area contributed by atoms with Gasteiger partial charge in [0.25, 0.3) is 0 Å². The van der Waals surface area contributed by atoms with Gasteiger partial charge in [-0.15, -0.1) is 0 Å². The molecule has 0 saturated heterocycles. The minimum atomic E-state index is -0.116. The van der Waals surface area contributed by atoms with Crippen LogP contribution >= 0.6 is 0 Å². The number of fused-ring (bicyclic) bond motifs is 1. The Kier molecular flexibility index (Phi) is 3.99. The smallest absolute Gasteiger partial charge is 0.241 e. The van der Waals surface area contributed by atoms with Crippen LogP contribution in [0.3, 0.4) is 0 Å². The van der Waals surface area contributed by atoms with Crippen molar-refractivity contribution in [2.24, 2.45) is 0 Å². The van der Waals surface area contributed by atoms with Crippen molar-refractivity contribution in [1.82, 2.24) is 15.1 Å². The summed E-state index contributed by atoms with van der Waals surface area (Å²) in [4.78, 5) is 23.9. The Morgan fingerprint density at radius 2 is 2.00 bits per heavy atom. The second-order valence-electron chi connectivity index (χ2n) is 5.59. The van der Waals surface area contributed by atoms with Crippen molar-refractivity contribution in [2.75, 3.05) is 0 Å². The van der Waals surface area contributed by atoms with Crippen LogP contribution in [0.4, 0.5) is 0 Å². The molecule has 1 fully saturated rings. The molecule has 1 heterocycles. The molecule has 1 aromatic carbocycles. The van der Waals surface area contributed by atoms with Gasteiger partial charge in [-0.3, -0.25) is 14.3 Å². The van der Waals surface area contributed by atoms with Crippen molar-refractivity contribution in [2.45, 2.75) is 44.7 Å². The summed E-state index contributed by atoms with van der Waals surface area (Å²) in [5.41, 5.74) is 0.582. The average Bonchev–Trinajstić information content (AvgIpc) is 2.51. The fourth-order valence-corrected chi connectivity index (χ4v) is 2.94. The Morgan fingerprint density at radius 3 is 2.81 bits per heavy atom. The van der Waals surface area contributed by atoms with Crippen LogP contribution in [0.25, 0.3) is 10.9 Å². The van der Waals surface area contributed by atoms with Crippen LogP contribution in [-0.2, 0) is 11.3 Å². The zero-order valence-electron chi connectivity index (χ0n) is 11.9. The lowest BCUT2D eigenvalue weighted by atomic mass is 9.95. The average molecular weight is 285 g/mol. The monoisotopic (exact) mass is 285 g/mol. The molecule has 5 nitrogen and oxygen atoms in total. The van der Waals surface area contributed by atoms with Crippen LogP contribution in [-0.4, -0.2) is 21.7 Å². The highest BCUT2D eigenvalue weighted by atomic mass is 16.2. The van der Waals surface area contributed by atoms with Crippen LogP contribution in [0, 0.1) is 0 Å². The van der Waals surface area contributed by atoms with Crippen LogP contribution in [0.2, 0.25) is 0 Å². The van der Waals surface area contributed by atoms with Gasteiger partial charge in [0.2, 0.25) is 11.3 Å². The summed E-state index contributed by atoms with van der Waals surface area (Å²) in [6.45, 7) is 0.150. The Bertz CT molecular complexity index is 702. The molecule has 0 aliphatic heterocycles. The first kappa shape index (κ1) is 13.8. The number of carbonyl (C=O) groups is 1. The van der Waals surface area contributed by atoms with Gasteiger partial charge in [-0.2, -0.15) is 5.10 Å². The molecule has 1 amide bonds. The third-order valence-corrected chi connectivity index (χ3v) is 4.03. The summed E-state index contributed by atoms with van der Waals surface area (Å²) in [6, 6.07) is 7.53. The molecule has 0 radical (unpaired) electrons. The standard InChI is InChI=1S/C16H19N3O2/c20-15-10-17-19(14-9-5-4-8-13(14)15)11-16(21)18-12-6-2-1-3-7-12/h4-5,8-10,12H,1-3,6-7,11H2,(H,18,21). The van der Waals surface area contributed by atoms with E-state index in [1.54, 1.807) is 10.7 Å².